The number of nitrogens with one attached hydrogen (secondary N) is 2. The Hall–Kier alpha value is -3.08. The molecule has 0 radical (unpaired) electrons. The van der Waals surface area contributed by atoms with Gasteiger partial charge in [-0.1, -0.05) is 30.3 Å². The Labute approximate surface area is 159 Å². The maximum absolute atomic E-state index is 12.7. The van der Waals surface area contributed by atoms with Crippen LogP contribution in [-0.2, 0) is 13.1 Å². The number of carbonyl (C=O) groups is 1. The third-order valence-electron chi connectivity index (χ3n) is 4.92. The molecule has 3 aromatic rings. The van der Waals surface area contributed by atoms with Crippen molar-refractivity contribution in [2.24, 2.45) is 0 Å². The van der Waals surface area contributed by atoms with E-state index < -0.39 is 0 Å². The molecule has 5 heteroatoms. The summed E-state index contributed by atoms with van der Waals surface area (Å²) in [7, 11) is 0. The molecule has 0 bridgehead atoms. The second kappa shape index (κ2) is 7.66. The third kappa shape index (κ3) is 4.03. The molecule has 0 saturated carbocycles. The molecule has 140 valence electrons. The van der Waals surface area contributed by atoms with Gasteiger partial charge in [-0.15, -0.1) is 0 Å². The number of aryl methyl sites for hydroxylation is 3. The summed E-state index contributed by atoms with van der Waals surface area (Å²) in [6, 6.07) is 14.0. The molecule has 0 saturated heterocycles. The Morgan fingerprint density at radius 1 is 1.07 bits per heavy atom. The molecule has 0 aliphatic carbocycles. The normalized spacial score (nSPS) is 10.8. The van der Waals surface area contributed by atoms with Crippen LogP contribution in [0.5, 0.6) is 0 Å². The van der Waals surface area contributed by atoms with Gasteiger partial charge in [-0.2, -0.15) is 0 Å². The number of hydrogen-bond acceptors (Lipinski definition) is 2. The highest BCUT2D eigenvalue weighted by atomic mass is 16.1. The number of carbonyl (C=O) groups excluding carboxylic acids is 1. The number of hydrogen-bond donors (Lipinski definition) is 2. The number of nitrogens with zero attached hydrogens (tertiary/aromatic N) is 1. The fourth-order valence-electron chi connectivity index (χ4n) is 3.41. The molecule has 3 rings (SSSR count). The monoisotopic (exact) mass is 363 g/mol. The molecule has 27 heavy (non-hydrogen) atoms. The van der Waals surface area contributed by atoms with Crippen LogP contribution in [0.2, 0.25) is 0 Å². The Bertz CT molecular complexity index is 1030. The predicted octanol–water partition coefficient (Wildman–Crippen LogP) is 3.39. The first-order chi connectivity index (χ1) is 12.9. The third-order valence-corrected chi connectivity index (χ3v) is 4.92. The molecule has 2 N–H and O–H groups in total. The maximum Gasteiger partial charge on any atom is 0.253 e. The Morgan fingerprint density at radius 2 is 1.78 bits per heavy atom. The van der Waals surface area contributed by atoms with E-state index in [9.17, 15) is 9.59 Å². The van der Waals surface area contributed by atoms with Crippen molar-refractivity contribution in [3.8, 4) is 0 Å². The summed E-state index contributed by atoms with van der Waals surface area (Å²) in [6.45, 7) is 8.62. The highest BCUT2D eigenvalue weighted by Crippen LogP contribution is 2.17. The van der Waals surface area contributed by atoms with Crippen molar-refractivity contribution in [2.75, 3.05) is 0 Å². The van der Waals surface area contributed by atoms with Gasteiger partial charge in [0, 0.05) is 35.7 Å². The number of pyridine rings is 1. The van der Waals surface area contributed by atoms with Crippen molar-refractivity contribution in [1.82, 2.24) is 14.9 Å². The number of amides is 1. The van der Waals surface area contributed by atoms with Gasteiger partial charge in [0.05, 0.1) is 5.56 Å². The molecule has 0 spiro atoms. The van der Waals surface area contributed by atoms with Gasteiger partial charge >= 0.3 is 0 Å². The molecule has 0 fully saturated rings. The minimum absolute atomic E-state index is 0.151. The summed E-state index contributed by atoms with van der Waals surface area (Å²) in [5.74, 6) is -0.165. The van der Waals surface area contributed by atoms with Crippen LogP contribution in [0.4, 0.5) is 0 Å². The first-order valence-electron chi connectivity index (χ1n) is 9.05. The van der Waals surface area contributed by atoms with Gasteiger partial charge in [-0.3, -0.25) is 9.59 Å². The van der Waals surface area contributed by atoms with E-state index in [-0.39, 0.29) is 18.0 Å². The summed E-state index contributed by atoms with van der Waals surface area (Å²) < 4.78 is 2.13. The summed E-state index contributed by atoms with van der Waals surface area (Å²) >= 11 is 0. The second-order valence-electron chi connectivity index (χ2n) is 6.98. The van der Waals surface area contributed by atoms with Crippen molar-refractivity contribution < 1.29 is 4.79 Å². The lowest BCUT2D eigenvalue weighted by molar-refractivity contribution is 0.0950. The van der Waals surface area contributed by atoms with E-state index in [1.807, 2.05) is 58.0 Å². The van der Waals surface area contributed by atoms with Crippen LogP contribution in [0.1, 0.15) is 44.1 Å². The van der Waals surface area contributed by atoms with Gasteiger partial charge in [0.25, 0.3) is 11.5 Å². The van der Waals surface area contributed by atoms with E-state index in [0.717, 1.165) is 29.2 Å². The van der Waals surface area contributed by atoms with E-state index in [1.165, 1.54) is 5.56 Å². The zero-order valence-electron chi connectivity index (χ0n) is 16.2. The highest BCUT2D eigenvalue weighted by molar-refractivity contribution is 5.95. The number of aromatic amines is 1. The number of aromatic nitrogens is 2. The van der Waals surface area contributed by atoms with E-state index in [2.05, 4.69) is 27.0 Å². The first-order valence-corrected chi connectivity index (χ1v) is 9.05. The van der Waals surface area contributed by atoms with Gasteiger partial charge in [0.15, 0.2) is 0 Å². The van der Waals surface area contributed by atoms with E-state index >= 15 is 0 Å². The van der Waals surface area contributed by atoms with Crippen LogP contribution in [0, 0.1) is 27.7 Å². The summed E-state index contributed by atoms with van der Waals surface area (Å²) in [5.41, 5.74) is 5.92. The zero-order chi connectivity index (χ0) is 19.6. The lowest BCUT2D eigenvalue weighted by atomic mass is 10.1. The van der Waals surface area contributed by atoms with Crippen molar-refractivity contribution in [3.05, 3.63) is 92.2 Å². The summed E-state index contributed by atoms with van der Waals surface area (Å²) in [6.07, 6.45) is 0. The Balaban J connectivity index is 1.78. The lowest BCUT2D eigenvalue weighted by Gasteiger charge is -2.11. The van der Waals surface area contributed by atoms with E-state index in [4.69, 9.17) is 0 Å². The summed E-state index contributed by atoms with van der Waals surface area (Å²) in [5, 5.41) is 2.89. The molecule has 2 heterocycles. The van der Waals surface area contributed by atoms with Gasteiger partial charge in [0.2, 0.25) is 0 Å². The molecule has 0 aliphatic rings. The van der Waals surface area contributed by atoms with Crippen molar-refractivity contribution in [3.63, 3.8) is 0 Å². The second-order valence-corrected chi connectivity index (χ2v) is 6.98. The first kappa shape index (κ1) is 18.7. The summed E-state index contributed by atoms with van der Waals surface area (Å²) in [4.78, 5) is 27.6. The van der Waals surface area contributed by atoms with Crippen LogP contribution in [0.15, 0.2) is 47.3 Å². The Kier molecular flexibility index (Phi) is 5.31. The molecule has 0 atom stereocenters. The molecule has 0 aliphatic heterocycles. The van der Waals surface area contributed by atoms with Crippen molar-refractivity contribution >= 4 is 5.91 Å². The quantitative estimate of drug-likeness (QED) is 0.730. The molecule has 2 aromatic heterocycles. The minimum Gasteiger partial charge on any atom is -0.348 e. The van der Waals surface area contributed by atoms with Crippen LogP contribution in [0.25, 0.3) is 0 Å². The van der Waals surface area contributed by atoms with Crippen LogP contribution < -0.4 is 10.9 Å². The highest BCUT2D eigenvalue weighted by Gasteiger charge is 2.16. The number of benzene rings is 1. The molecule has 0 unspecified atom stereocenters. The SMILES string of the molecule is Cc1cc(C)c(CNC(=O)c2cc(C)n(Cc3ccccc3)c2C)c(=O)[nH]1. The predicted molar refractivity (Wildman–Crippen MR) is 107 cm³/mol. The largest absolute Gasteiger partial charge is 0.348 e. The van der Waals surface area contributed by atoms with Crippen LogP contribution in [0.3, 0.4) is 0 Å². The average Bonchev–Trinajstić information content (AvgIpc) is 2.90. The van der Waals surface area contributed by atoms with Crippen LogP contribution in [-0.4, -0.2) is 15.5 Å². The van der Waals surface area contributed by atoms with Gasteiger partial charge in [0.1, 0.15) is 0 Å². The van der Waals surface area contributed by atoms with E-state index in [1.54, 1.807) is 0 Å². The zero-order valence-corrected chi connectivity index (χ0v) is 16.2. The topological polar surface area (TPSA) is 66.9 Å². The fraction of sp³-hybridized carbons (Fsp3) is 0.273. The molecular weight excluding hydrogens is 338 g/mol. The van der Waals surface area contributed by atoms with Gasteiger partial charge < -0.3 is 14.9 Å². The average molecular weight is 363 g/mol. The fourth-order valence-corrected chi connectivity index (χ4v) is 3.41. The van der Waals surface area contributed by atoms with E-state index in [0.29, 0.717) is 11.1 Å². The molecular formula is C22H25N3O2. The maximum atomic E-state index is 12.7. The standard InChI is InChI=1S/C22H25N3O2/c1-14-10-15(2)24-22(27)20(14)12-23-21(26)19-11-16(3)25(17(19)4)13-18-8-6-5-7-9-18/h5-11H,12-13H2,1-4H3,(H,23,26)(H,24,27). The van der Waals surface area contributed by atoms with Crippen LogP contribution >= 0.6 is 0 Å². The number of H-pyrrole nitrogens is 1. The smallest absolute Gasteiger partial charge is 0.253 e. The minimum atomic E-state index is -0.165. The molecule has 5 nitrogen and oxygen atoms in total. The van der Waals surface area contributed by atoms with Crippen molar-refractivity contribution in [1.29, 1.82) is 0 Å². The lowest BCUT2D eigenvalue weighted by Crippen LogP contribution is -2.28. The molecule has 1 aromatic carbocycles. The van der Waals surface area contributed by atoms with Crippen molar-refractivity contribution in [2.45, 2.75) is 40.8 Å². The number of rotatable bonds is 5. The molecule has 1 amide bonds. The Morgan fingerprint density at radius 3 is 2.44 bits per heavy atom. The van der Waals surface area contributed by atoms with Gasteiger partial charge in [-0.05, 0) is 51.0 Å². The van der Waals surface area contributed by atoms with Gasteiger partial charge in [-0.25, -0.2) is 0 Å².